The molecule has 1 saturated heterocycles. The molecule has 18 heavy (non-hydrogen) atoms. The number of benzene rings is 1. The van der Waals surface area contributed by atoms with Gasteiger partial charge in [-0.3, -0.25) is 4.79 Å². The SMILES string of the molecule is O=C1NC2CCCCC2C(=O)N1c1ccccc1. The van der Waals surface area contributed by atoms with Gasteiger partial charge in [-0.2, -0.15) is 0 Å². The highest BCUT2D eigenvalue weighted by Crippen LogP contribution is 2.31. The van der Waals surface area contributed by atoms with Crippen molar-refractivity contribution in [1.29, 1.82) is 0 Å². The molecule has 2 atom stereocenters. The minimum atomic E-state index is -0.283. The van der Waals surface area contributed by atoms with Gasteiger partial charge in [-0.05, 0) is 25.0 Å². The van der Waals surface area contributed by atoms with E-state index in [1.807, 2.05) is 18.2 Å². The van der Waals surface area contributed by atoms with Crippen LogP contribution in [-0.2, 0) is 4.79 Å². The lowest BCUT2D eigenvalue weighted by Crippen LogP contribution is -2.61. The monoisotopic (exact) mass is 244 g/mol. The first kappa shape index (κ1) is 11.3. The Kier molecular flexibility index (Phi) is 2.78. The summed E-state index contributed by atoms with van der Waals surface area (Å²) in [5, 5.41) is 2.96. The minimum absolute atomic E-state index is 0.0405. The summed E-state index contributed by atoms with van der Waals surface area (Å²) in [6, 6.07) is 8.89. The number of anilines is 1. The summed E-state index contributed by atoms with van der Waals surface area (Å²) in [5.41, 5.74) is 0.657. The highest BCUT2D eigenvalue weighted by atomic mass is 16.2. The van der Waals surface area contributed by atoms with Crippen LogP contribution in [0.4, 0.5) is 10.5 Å². The van der Waals surface area contributed by atoms with Crippen molar-refractivity contribution in [3.63, 3.8) is 0 Å². The fraction of sp³-hybridized carbons (Fsp3) is 0.429. The standard InChI is InChI=1S/C14H16N2O2/c17-13-11-8-4-5-9-12(11)15-14(18)16(13)10-6-2-1-3-7-10/h1-3,6-7,11-12H,4-5,8-9H2,(H,15,18). The fourth-order valence-corrected chi connectivity index (χ4v) is 2.91. The summed E-state index contributed by atoms with van der Waals surface area (Å²) in [6.07, 6.45) is 3.98. The van der Waals surface area contributed by atoms with Crippen LogP contribution < -0.4 is 10.2 Å². The fourth-order valence-electron chi connectivity index (χ4n) is 2.91. The molecular weight excluding hydrogens is 228 g/mol. The topological polar surface area (TPSA) is 49.4 Å². The molecule has 1 aromatic rings. The van der Waals surface area contributed by atoms with Gasteiger partial charge in [-0.1, -0.05) is 31.0 Å². The Balaban J connectivity index is 1.91. The smallest absolute Gasteiger partial charge is 0.328 e. The number of amides is 3. The molecule has 0 bridgehead atoms. The van der Waals surface area contributed by atoms with Gasteiger partial charge in [0.1, 0.15) is 0 Å². The number of fused-ring (bicyclic) bond motifs is 1. The van der Waals surface area contributed by atoms with E-state index in [-0.39, 0.29) is 23.9 Å². The summed E-state index contributed by atoms with van der Waals surface area (Å²) < 4.78 is 0. The molecule has 3 rings (SSSR count). The van der Waals surface area contributed by atoms with Gasteiger partial charge in [0.05, 0.1) is 11.6 Å². The van der Waals surface area contributed by atoms with Gasteiger partial charge >= 0.3 is 6.03 Å². The number of imide groups is 1. The van der Waals surface area contributed by atoms with E-state index in [1.165, 1.54) is 4.90 Å². The summed E-state index contributed by atoms with van der Waals surface area (Å²) in [6.45, 7) is 0. The summed E-state index contributed by atoms with van der Waals surface area (Å²) in [5.74, 6) is -0.0914. The zero-order valence-corrected chi connectivity index (χ0v) is 10.1. The van der Waals surface area contributed by atoms with Crippen molar-refractivity contribution in [2.45, 2.75) is 31.7 Å². The Labute approximate surface area is 106 Å². The minimum Gasteiger partial charge on any atom is -0.334 e. The van der Waals surface area contributed by atoms with Crippen LogP contribution >= 0.6 is 0 Å². The lowest BCUT2D eigenvalue weighted by Gasteiger charge is -2.39. The van der Waals surface area contributed by atoms with Crippen molar-refractivity contribution in [1.82, 2.24) is 5.32 Å². The maximum atomic E-state index is 12.4. The van der Waals surface area contributed by atoms with E-state index in [9.17, 15) is 9.59 Å². The molecule has 1 aromatic carbocycles. The van der Waals surface area contributed by atoms with Gasteiger partial charge < -0.3 is 5.32 Å². The van der Waals surface area contributed by atoms with Gasteiger partial charge in [-0.15, -0.1) is 0 Å². The normalized spacial score (nSPS) is 27.7. The Morgan fingerprint density at radius 1 is 1.06 bits per heavy atom. The predicted molar refractivity (Wildman–Crippen MR) is 68.2 cm³/mol. The maximum Gasteiger partial charge on any atom is 0.328 e. The van der Waals surface area contributed by atoms with Crippen molar-refractivity contribution in [3.05, 3.63) is 30.3 Å². The zero-order chi connectivity index (χ0) is 12.5. The number of urea groups is 1. The van der Waals surface area contributed by atoms with Crippen LogP contribution in [0.2, 0.25) is 0 Å². The average Bonchev–Trinajstić information content (AvgIpc) is 2.40. The lowest BCUT2D eigenvalue weighted by atomic mass is 9.82. The molecule has 2 aliphatic rings. The first-order valence-electron chi connectivity index (χ1n) is 6.47. The third kappa shape index (κ3) is 1.78. The van der Waals surface area contributed by atoms with Gasteiger partial charge in [0.25, 0.3) is 0 Å². The molecule has 0 aromatic heterocycles. The van der Waals surface area contributed by atoms with Gasteiger partial charge in [0, 0.05) is 6.04 Å². The number of hydrogen-bond acceptors (Lipinski definition) is 2. The molecule has 1 aliphatic carbocycles. The van der Waals surface area contributed by atoms with E-state index in [0.29, 0.717) is 5.69 Å². The van der Waals surface area contributed by atoms with E-state index >= 15 is 0 Å². The zero-order valence-electron chi connectivity index (χ0n) is 10.1. The Bertz CT molecular complexity index is 472. The van der Waals surface area contributed by atoms with Crippen LogP contribution in [0, 0.1) is 5.92 Å². The molecule has 94 valence electrons. The van der Waals surface area contributed by atoms with Crippen LogP contribution in [0.25, 0.3) is 0 Å². The highest BCUT2D eigenvalue weighted by molar-refractivity contribution is 6.17. The van der Waals surface area contributed by atoms with Crippen molar-refractivity contribution in [2.24, 2.45) is 5.92 Å². The van der Waals surface area contributed by atoms with Crippen molar-refractivity contribution >= 4 is 17.6 Å². The van der Waals surface area contributed by atoms with Crippen molar-refractivity contribution in [3.8, 4) is 0 Å². The second kappa shape index (κ2) is 4.44. The Morgan fingerprint density at radius 2 is 1.78 bits per heavy atom. The van der Waals surface area contributed by atoms with E-state index in [4.69, 9.17) is 0 Å². The quantitative estimate of drug-likeness (QED) is 0.824. The Hall–Kier alpha value is -1.84. The maximum absolute atomic E-state index is 12.4. The van der Waals surface area contributed by atoms with E-state index in [1.54, 1.807) is 12.1 Å². The molecule has 1 aliphatic heterocycles. The van der Waals surface area contributed by atoms with Crippen LogP contribution in [0.3, 0.4) is 0 Å². The third-order valence-corrected chi connectivity index (χ3v) is 3.83. The highest BCUT2D eigenvalue weighted by Gasteiger charge is 2.42. The molecule has 2 fully saturated rings. The number of para-hydroxylation sites is 1. The lowest BCUT2D eigenvalue weighted by molar-refractivity contribution is -0.124. The number of hydrogen-bond donors (Lipinski definition) is 1. The third-order valence-electron chi connectivity index (χ3n) is 3.83. The molecular formula is C14H16N2O2. The molecule has 0 spiro atoms. The van der Waals surface area contributed by atoms with E-state index < -0.39 is 0 Å². The largest absolute Gasteiger partial charge is 0.334 e. The van der Waals surface area contributed by atoms with Gasteiger partial charge in [0.2, 0.25) is 5.91 Å². The number of nitrogens with zero attached hydrogens (tertiary/aromatic N) is 1. The predicted octanol–water partition coefficient (Wildman–Crippen LogP) is 2.30. The summed E-state index contributed by atoms with van der Waals surface area (Å²) >= 11 is 0. The number of nitrogens with one attached hydrogen (secondary N) is 1. The van der Waals surface area contributed by atoms with Crippen molar-refractivity contribution in [2.75, 3.05) is 4.90 Å². The van der Waals surface area contributed by atoms with E-state index in [2.05, 4.69) is 5.32 Å². The van der Waals surface area contributed by atoms with Crippen LogP contribution in [0.1, 0.15) is 25.7 Å². The van der Waals surface area contributed by atoms with E-state index in [0.717, 1.165) is 25.7 Å². The molecule has 1 heterocycles. The second-order valence-corrected chi connectivity index (χ2v) is 4.96. The van der Waals surface area contributed by atoms with Crippen molar-refractivity contribution < 1.29 is 9.59 Å². The Morgan fingerprint density at radius 3 is 2.56 bits per heavy atom. The summed E-state index contributed by atoms with van der Waals surface area (Å²) in [7, 11) is 0. The first-order valence-corrected chi connectivity index (χ1v) is 6.47. The molecule has 4 heteroatoms. The number of carbonyl (C=O) groups excluding carboxylic acids is 2. The number of carbonyl (C=O) groups is 2. The molecule has 4 nitrogen and oxygen atoms in total. The molecule has 3 amide bonds. The molecule has 2 unspecified atom stereocenters. The molecule has 1 N–H and O–H groups in total. The van der Waals surface area contributed by atoms with Gasteiger partial charge in [-0.25, -0.2) is 9.69 Å². The number of rotatable bonds is 1. The van der Waals surface area contributed by atoms with Gasteiger partial charge in [0.15, 0.2) is 0 Å². The second-order valence-electron chi connectivity index (χ2n) is 4.96. The first-order chi connectivity index (χ1) is 8.77. The van der Waals surface area contributed by atoms with Crippen LogP contribution in [0.15, 0.2) is 30.3 Å². The van der Waals surface area contributed by atoms with Crippen LogP contribution in [-0.4, -0.2) is 18.0 Å². The average molecular weight is 244 g/mol. The molecule has 1 saturated carbocycles. The van der Waals surface area contributed by atoms with Crippen LogP contribution in [0.5, 0.6) is 0 Å². The molecule has 0 radical (unpaired) electrons. The summed E-state index contributed by atoms with van der Waals surface area (Å²) in [4.78, 5) is 25.8.